The molecule has 2 aromatic rings. The van der Waals surface area contributed by atoms with Crippen molar-refractivity contribution in [3.05, 3.63) is 65.5 Å². The predicted octanol–water partition coefficient (Wildman–Crippen LogP) is 3.65. The van der Waals surface area contributed by atoms with Gasteiger partial charge >= 0.3 is 0 Å². The SMILES string of the molecule is CN=C(NCCCSc1ccc(F)cc1)NCc1ccc(C(=O)NC)cc1.I. The second-order valence-electron chi connectivity index (χ2n) is 5.78. The summed E-state index contributed by atoms with van der Waals surface area (Å²) < 4.78 is 12.9. The van der Waals surface area contributed by atoms with E-state index in [1.165, 1.54) is 12.1 Å². The van der Waals surface area contributed by atoms with E-state index in [4.69, 9.17) is 0 Å². The molecular formula is C20H26FIN4OS. The minimum atomic E-state index is -0.209. The van der Waals surface area contributed by atoms with Gasteiger partial charge < -0.3 is 16.0 Å². The molecule has 0 heterocycles. The number of carbonyl (C=O) groups excluding carboxylic acids is 1. The van der Waals surface area contributed by atoms with Crippen LogP contribution in [0.2, 0.25) is 0 Å². The molecule has 0 saturated heterocycles. The highest BCUT2D eigenvalue weighted by Crippen LogP contribution is 2.18. The first-order valence-corrected chi connectivity index (χ1v) is 9.75. The molecule has 0 unspecified atom stereocenters. The molecule has 8 heteroatoms. The summed E-state index contributed by atoms with van der Waals surface area (Å²) in [6, 6.07) is 14.0. The molecule has 0 aliphatic heterocycles. The molecule has 5 nitrogen and oxygen atoms in total. The maximum Gasteiger partial charge on any atom is 0.251 e. The van der Waals surface area contributed by atoms with Crippen molar-refractivity contribution in [3.8, 4) is 0 Å². The van der Waals surface area contributed by atoms with Crippen LogP contribution in [0, 0.1) is 5.82 Å². The quantitative estimate of drug-likeness (QED) is 0.165. The summed E-state index contributed by atoms with van der Waals surface area (Å²) >= 11 is 1.70. The zero-order valence-electron chi connectivity index (χ0n) is 16.0. The van der Waals surface area contributed by atoms with Crippen LogP contribution in [0.15, 0.2) is 58.4 Å². The molecule has 28 heavy (non-hydrogen) atoms. The summed E-state index contributed by atoms with van der Waals surface area (Å²) in [5.41, 5.74) is 1.71. The summed E-state index contributed by atoms with van der Waals surface area (Å²) in [5, 5.41) is 9.13. The van der Waals surface area contributed by atoms with Gasteiger partial charge in [-0.2, -0.15) is 0 Å². The Balaban J connectivity index is 0.00000392. The fraction of sp³-hybridized carbons (Fsp3) is 0.300. The van der Waals surface area contributed by atoms with E-state index in [0.29, 0.717) is 12.1 Å². The highest BCUT2D eigenvalue weighted by Gasteiger charge is 2.03. The Hall–Kier alpha value is -1.81. The zero-order valence-corrected chi connectivity index (χ0v) is 19.1. The van der Waals surface area contributed by atoms with Crippen LogP contribution in [0.4, 0.5) is 4.39 Å². The summed E-state index contributed by atoms with van der Waals surface area (Å²) in [6.45, 7) is 1.42. The number of nitrogens with one attached hydrogen (secondary N) is 3. The summed E-state index contributed by atoms with van der Waals surface area (Å²) in [4.78, 5) is 16.8. The van der Waals surface area contributed by atoms with Crippen molar-refractivity contribution in [2.45, 2.75) is 17.9 Å². The molecule has 2 aromatic carbocycles. The van der Waals surface area contributed by atoms with E-state index in [-0.39, 0.29) is 35.7 Å². The van der Waals surface area contributed by atoms with Gasteiger partial charge in [-0.25, -0.2) is 4.39 Å². The van der Waals surface area contributed by atoms with E-state index in [1.807, 2.05) is 12.1 Å². The van der Waals surface area contributed by atoms with Gasteiger partial charge in [0, 0.05) is 37.6 Å². The highest BCUT2D eigenvalue weighted by atomic mass is 127. The van der Waals surface area contributed by atoms with Gasteiger partial charge in [0.2, 0.25) is 0 Å². The number of aliphatic imine (C=N–C) groups is 1. The minimum Gasteiger partial charge on any atom is -0.356 e. The Morgan fingerprint density at radius 3 is 2.36 bits per heavy atom. The smallest absolute Gasteiger partial charge is 0.251 e. The lowest BCUT2D eigenvalue weighted by atomic mass is 10.1. The van der Waals surface area contributed by atoms with Crippen molar-refractivity contribution in [3.63, 3.8) is 0 Å². The molecule has 3 N–H and O–H groups in total. The van der Waals surface area contributed by atoms with Gasteiger partial charge in [0.25, 0.3) is 5.91 Å². The first-order chi connectivity index (χ1) is 13.1. The van der Waals surface area contributed by atoms with Crippen LogP contribution in [0.25, 0.3) is 0 Å². The van der Waals surface area contributed by atoms with Crippen LogP contribution in [0.3, 0.4) is 0 Å². The number of benzene rings is 2. The normalized spacial score (nSPS) is 10.8. The largest absolute Gasteiger partial charge is 0.356 e. The molecule has 0 aliphatic rings. The molecule has 0 radical (unpaired) electrons. The van der Waals surface area contributed by atoms with Gasteiger partial charge in [0.15, 0.2) is 5.96 Å². The maximum atomic E-state index is 12.9. The van der Waals surface area contributed by atoms with Crippen molar-refractivity contribution in [1.82, 2.24) is 16.0 Å². The number of amides is 1. The molecule has 1 amide bonds. The topological polar surface area (TPSA) is 65.5 Å². The fourth-order valence-electron chi connectivity index (χ4n) is 2.32. The number of nitrogens with zero attached hydrogens (tertiary/aromatic N) is 1. The number of hydrogen-bond donors (Lipinski definition) is 3. The van der Waals surface area contributed by atoms with Crippen LogP contribution in [0.1, 0.15) is 22.3 Å². The number of carbonyl (C=O) groups is 1. The molecule has 0 saturated carbocycles. The van der Waals surface area contributed by atoms with Crippen LogP contribution >= 0.6 is 35.7 Å². The zero-order chi connectivity index (χ0) is 19.5. The number of hydrogen-bond acceptors (Lipinski definition) is 3. The van der Waals surface area contributed by atoms with Gasteiger partial charge in [0.05, 0.1) is 0 Å². The number of guanidine groups is 1. The third-order valence-corrected chi connectivity index (χ3v) is 4.92. The van der Waals surface area contributed by atoms with Gasteiger partial charge in [0.1, 0.15) is 5.82 Å². The van der Waals surface area contributed by atoms with E-state index in [2.05, 4.69) is 20.9 Å². The van der Waals surface area contributed by atoms with Gasteiger partial charge in [-0.05, 0) is 54.1 Å². The molecular weight excluding hydrogens is 490 g/mol. The lowest BCUT2D eigenvalue weighted by molar-refractivity contribution is 0.0963. The average molecular weight is 516 g/mol. The summed E-state index contributed by atoms with van der Waals surface area (Å²) in [5.74, 6) is 1.37. The van der Waals surface area contributed by atoms with E-state index < -0.39 is 0 Å². The maximum absolute atomic E-state index is 12.9. The average Bonchev–Trinajstić information content (AvgIpc) is 2.71. The standard InChI is InChI=1S/C20H25FN4OS.HI/c1-22-19(26)16-6-4-15(5-7-16)14-25-20(23-2)24-12-3-13-27-18-10-8-17(21)9-11-18;/h4-11H,3,12-14H2,1-2H3,(H,22,26)(H2,23,24,25);1H. The second-order valence-corrected chi connectivity index (χ2v) is 6.95. The third-order valence-electron chi connectivity index (χ3n) is 3.82. The Morgan fingerprint density at radius 2 is 1.75 bits per heavy atom. The second kappa shape index (κ2) is 13.4. The number of rotatable bonds is 8. The predicted molar refractivity (Wildman–Crippen MR) is 125 cm³/mol. The molecule has 0 fully saturated rings. The van der Waals surface area contributed by atoms with Gasteiger partial charge in [-0.1, -0.05) is 12.1 Å². The molecule has 2 rings (SSSR count). The third kappa shape index (κ3) is 8.47. The van der Waals surface area contributed by atoms with Crippen molar-refractivity contribution >= 4 is 47.6 Å². The lowest BCUT2D eigenvalue weighted by Crippen LogP contribution is -2.37. The molecule has 0 bridgehead atoms. The molecule has 152 valence electrons. The monoisotopic (exact) mass is 516 g/mol. The van der Waals surface area contributed by atoms with Crippen molar-refractivity contribution in [2.75, 3.05) is 26.4 Å². The van der Waals surface area contributed by atoms with Crippen LogP contribution in [-0.2, 0) is 6.54 Å². The minimum absolute atomic E-state index is 0. The van der Waals surface area contributed by atoms with E-state index in [9.17, 15) is 9.18 Å². The number of thioether (sulfide) groups is 1. The summed E-state index contributed by atoms with van der Waals surface area (Å²) in [6.07, 6.45) is 0.962. The van der Waals surface area contributed by atoms with Crippen LogP contribution < -0.4 is 16.0 Å². The number of halogens is 2. The molecule has 0 atom stereocenters. The van der Waals surface area contributed by atoms with E-state index in [1.54, 1.807) is 50.1 Å². The molecule has 0 aliphatic carbocycles. The van der Waals surface area contributed by atoms with E-state index >= 15 is 0 Å². The van der Waals surface area contributed by atoms with E-state index in [0.717, 1.165) is 35.1 Å². The highest BCUT2D eigenvalue weighted by molar-refractivity contribution is 14.0. The van der Waals surface area contributed by atoms with Crippen molar-refractivity contribution in [1.29, 1.82) is 0 Å². The Labute approximate surface area is 187 Å². The van der Waals surface area contributed by atoms with Crippen LogP contribution in [0.5, 0.6) is 0 Å². The first kappa shape index (κ1) is 24.2. The Morgan fingerprint density at radius 1 is 1.07 bits per heavy atom. The van der Waals surface area contributed by atoms with Gasteiger partial charge in [-0.15, -0.1) is 35.7 Å². The Bertz CT molecular complexity index is 754. The van der Waals surface area contributed by atoms with Gasteiger partial charge in [-0.3, -0.25) is 9.79 Å². The van der Waals surface area contributed by atoms with Crippen molar-refractivity contribution < 1.29 is 9.18 Å². The van der Waals surface area contributed by atoms with Crippen molar-refractivity contribution in [2.24, 2.45) is 4.99 Å². The molecule has 0 spiro atoms. The molecule has 0 aromatic heterocycles. The van der Waals surface area contributed by atoms with Crippen LogP contribution in [-0.4, -0.2) is 38.3 Å². The first-order valence-electron chi connectivity index (χ1n) is 8.76. The fourth-order valence-corrected chi connectivity index (χ4v) is 3.18. The Kier molecular flexibility index (Phi) is 11.6. The lowest BCUT2D eigenvalue weighted by Gasteiger charge is -2.12. The summed E-state index contributed by atoms with van der Waals surface area (Å²) in [7, 11) is 3.35.